The fraction of sp³-hybridized carbons (Fsp3) is 0.636. The standard InChI is InChI=1S/C11H18N4/c12-7-10-8-13-9-11(14-10)15-5-3-1-2-4-6-15/h8-9H,1-7,12H2. The van der Waals surface area contributed by atoms with E-state index in [1.807, 2.05) is 6.20 Å². The van der Waals surface area contributed by atoms with E-state index in [-0.39, 0.29) is 0 Å². The molecule has 0 aromatic carbocycles. The van der Waals surface area contributed by atoms with Crippen molar-refractivity contribution in [2.45, 2.75) is 32.2 Å². The predicted molar refractivity (Wildman–Crippen MR) is 60.6 cm³/mol. The number of nitrogens with two attached hydrogens (primary N) is 1. The van der Waals surface area contributed by atoms with Crippen molar-refractivity contribution < 1.29 is 0 Å². The quantitative estimate of drug-likeness (QED) is 0.792. The molecular weight excluding hydrogens is 188 g/mol. The number of hydrogen-bond donors (Lipinski definition) is 1. The van der Waals surface area contributed by atoms with Crippen LogP contribution in [0.15, 0.2) is 12.4 Å². The first-order valence-electron chi connectivity index (χ1n) is 5.66. The summed E-state index contributed by atoms with van der Waals surface area (Å²) in [5, 5.41) is 0. The van der Waals surface area contributed by atoms with Crippen LogP contribution in [0.25, 0.3) is 0 Å². The smallest absolute Gasteiger partial charge is 0.147 e. The van der Waals surface area contributed by atoms with Gasteiger partial charge in [-0.25, -0.2) is 4.98 Å². The molecule has 1 aromatic rings. The van der Waals surface area contributed by atoms with Crippen LogP contribution in [0.5, 0.6) is 0 Å². The molecule has 2 heterocycles. The van der Waals surface area contributed by atoms with Gasteiger partial charge in [0, 0.05) is 25.8 Å². The first-order valence-corrected chi connectivity index (χ1v) is 5.66. The number of nitrogens with zero attached hydrogens (tertiary/aromatic N) is 3. The van der Waals surface area contributed by atoms with Gasteiger partial charge in [0.1, 0.15) is 5.82 Å². The Hall–Kier alpha value is -1.16. The summed E-state index contributed by atoms with van der Waals surface area (Å²) in [6, 6.07) is 0. The van der Waals surface area contributed by atoms with Crippen LogP contribution in [0.2, 0.25) is 0 Å². The van der Waals surface area contributed by atoms with Crippen molar-refractivity contribution in [2.75, 3.05) is 18.0 Å². The zero-order valence-corrected chi connectivity index (χ0v) is 9.02. The van der Waals surface area contributed by atoms with Crippen LogP contribution in [0, 0.1) is 0 Å². The Balaban J connectivity index is 2.12. The maximum Gasteiger partial charge on any atom is 0.147 e. The normalized spacial score (nSPS) is 17.5. The molecule has 1 aliphatic rings. The third-order valence-corrected chi connectivity index (χ3v) is 2.81. The van der Waals surface area contributed by atoms with Crippen molar-refractivity contribution in [1.29, 1.82) is 0 Å². The molecule has 4 nitrogen and oxygen atoms in total. The van der Waals surface area contributed by atoms with Crippen molar-refractivity contribution >= 4 is 5.82 Å². The van der Waals surface area contributed by atoms with Crippen LogP contribution in [0.3, 0.4) is 0 Å². The van der Waals surface area contributed by atoms with E-state index in [1.54, 1.807) is 6.20 Å². The molecule has 4 heteroatoms. The summed E-state index contributed by atoms with van der Waals surface area (Å²) >= 11 is 0. The Kier molecular flexibility index (Phi) is 3.50. The van der Waals surface area contributed by atoms with Crippen LogP contribution >= 0.6 is 0 Å². The summed E-state index contributed by atoms with van der Waals surface area (Å²) < 4.78 is 0. The van der Waals surface area contributed by atoms with E-state index < -0.39 is 0 Å². The lowest BCUT2D eigenvalue weighted by atomic mass is 10.2. The molecule has 2 rings (SSSR count). The van der Waals surface area contributed by atoms with Crippen molar-refractivity contribution in [3.05, 3.63) is 18.1 Å². The second kappa shape index (κ2) is 5.07. The molecule has 15 heavy (non-hydrogen) atoms. The Morgan fingerprint density at radius 3 is 2.53 bits per heavy atom. The highest BCUT2D eigenvalue weighted by atomic mass is 15.2. The Bertz CT molecular complexity index is 305. The van der Waals surface area contributed by atoms with Gasteiger partial charge < -0.3 is 10.6 Å². The second-order valence-corrected chi connectivity index (χ2v) is 3.97. The molecule has 1 fully saturated rings. The van der Waals surface area contributed by atoms with E-state index in [4.69, 9.17) is 5.73 Å². The third kappa shape index (κ3) is 2.65. The lowest BCUT2D eigenvalue weighted by Crippen LogP contribution is -2.25. The van der Waals surface area contributed by atoms with Gasteiger partial charge in [-0.1, -0.05) is 12.8 Å². The molecule has 0 bridgehead atoms. The number of rotatable bonds is 2. The topological polar surface area (TPSA) is 55.0 Å². The van der Waals surface area contributed by atoms with E-state index in [2.05, 4.69) is 14.9 Å². The molecule has 0 saturated carbocycles. The SMILES string of the molecule is NCc1cncc(N2CCCCCC2)n1. The molecule has 0 radical (unpaired) electrons. The minimum absolute atomic E-state index is 0.467. The lowest BCUT2D eigenvalue weighted by Gasteiger charge is -2.21. The summed E-state index contributed by atoms with van der Waals surface area (Å²) in [7, 11) is 0. The fourth-order valence-corrected chi connectivity index (χ4v) is 1.95. The van der Waals surface area contributed by atoms with Crippen LogP contribution < -0.4 is 10.6 Å². The van der Waals surface area contributed by atoms with Gasteiger partial charge in [-0.15, -0.1) is 0 Å². The maximum atomic E-state index is 5.56. The monoisotopic (exact) mass is 206 g/mol. The van der Waals surface area contributed by atoms with Gasteiger partial charge in [-0.05, 0) is 12.8 Å². The molecule has 1 aromatic heterocycles. The van der Waals surface area contributed by atoms with Gasteiger partial charge in [-0.3, -0.25) is 4.98 Å². The highest BCUT2D eigenvalue weighted by Crippen LogP contribution is 2.16. The van der Waals surface area contributed by atoms with Crippen molar-refractivity contribution in [2.24, 2.45) is 5.73 Å². The van der Waals surface area contributed by atoms with E-state index in [0.717, 1.165) is 24.6 Å². The van der Waals surface area contributed by atoms with E-state index >= 15 is 0 Å². The number of hydrogen-bond acceptors (Lipinski definition) is 4. The number of aromatic nitrogens is 2. The van der Waals surface area contributed by atoms with Crippen molar-refractivity contribution in [1.82, 2.24) is 9.97 Å². The molecule has 0 unspecified atom stereocenters. The van der Waals surface area contributed by atoms with Crippen LogP contribution in [-0.2, 0) is 6.54 Å². The van der Waals surface area contributed by atoms with Gasteiger partial charge >= 0.3 is 0 Å². The molecule has 0 spiro atoms. The van der Waals surface area contributed by atoms with Crippen LogP contribution in [-0.4, -0.2) is 23.1 Å². The van der Waals surface area contributed by atoms with Crippen molar-refractivity contribution in [3.63, 3.8) is 0 Å². The molecule has 0 amide bonds. The zero-order chi connectivity index (χ0) is 10.5. The largest absolute Gasteiger partial charge is 0.355 e. The molecular formula is C11H18N4. The second-order valence-electron chi connectivity index (χ2n) is 3.97. The van der Waals surface area contributed by atoms with Gasteiger partial charge in [0.15, 0.2) is 0 Å². The molecule has 0 aliphatic carbocycles. The Labute approximate surface area is 90.5 Å². The average Bonchev–Trinajstić information content (AvgIpc) is 2.58. The molecule has 1 aliphatic heterocycles. The molecule has 2 N–H and O–H groups in total. The lowest BCUT2D eigenvalue weighted by molar-refractivity contribution is 0.726. The minimum Gasteiger partial charge on any atom is -0.355 e. The van der Waals surface area contributed by atoms with Gasteiger partial charge in [0.2, 0.25) is 0 Å². The van der Waals surface area contributed by atoms with Crippen LogP contribution in [0.4, 0.5) is 5.82 Å². The number of anilines is 1. The minimum atomic E-state index is 0.467. The molecule has 0 atom stereocenters. The highest BCUT2D eigenvalue weighted by molar-refractivity contribution is 5.36. The van der Waals surface area contributed by atoms with Gasteiger partial charge in [-0.2, -0.15) is 0 Å². The van der Waals surface area contributed by atoms with Gasteiger partial charge in [0.05, 0.1) is 11.9 Å². The molecule has 82 valence electrons. The van der Waals surface area contributed by atoms with Crippen molar-refractivity contribution in [3.8, 4) is 0 Å². The fourth-order valence-electron chi connectivity index (χ4n) is 1.95. The maximum absolute atomic E-state index is 5.56. The average molecular weight is 206 g/mol. The Morgan fingerprint density at radius 2 is 1.87 bits per heavy atom. The Morgan fingerprint density at radius 1 is 1.13 bits per heavy atom. The summed E-state index contributed by atoms with van der Waals surface area (Å²) in [6.07, 6.45) is 8.76. The summed E-state index contributed by atoms with van der Waals surface area (Å²) in [5.74, 6) is 0.986. The highest BCUT2D eigenvalue weighted by Gasteiger charge is 2.11. The van der Waals surface area contributed by atoms with E-state index in [1.165, 1.54) is 25.7 Å². The summed E-state index contributed by atoms with van der Waals surface area (Å²) in [5.41, 5.74) is 6.43. The third-order valence-electron chi connectivity index (χ3n) is 2.81. The zero-order valence-electron chi connectivity index (χ0n) is 9.02. The molecule has 1 saturated heterocycles. The van der Waals surface area contributed by atoms with Gasteiger partial charge in [0.25, 0.3) is 0 Å². The first kappa shape index (κ1) is 10.4. The van der Waals surface area contributed by atoms with E-state index in [0.29, 0.717) is 6.54 Å². The summed E-state index contributed by atoms with van der Waals surface area (Å²) in [4.78, 5) is 11.0. The van der Waals surface area contributed by atoms with E-state index in [9.17, 15) is 0 Å². The predicted octanol–water partition coefficient (Wildman–Crippen LogP) is 1.32. The van der Waals surface area contributed by atoms with Crippen LogP contribution in [0.1, 0.15) is 31.4 Å². The summed E-state index contributed by atoms with van der Waals surface area (Å²) in [6.45, 7) is 2.67. The first-order chi connectivity index (χ1) is 7.40.